The number of methoxy groups -OCH3 is 1. The monoisotopic (exact) mass is 403 g/mol. The number of hydrogen-bond acceptors (Lipinski definition) is 4. The van der Waals surface area contributed by atoms with E-state index < -0.39 is 0 Å². The van der Waals surface area contributed by atoms with Gasteiger partial charge in [0.05, 0.1) is 7.11 Å². The van der Waals surface area contributed by atoms with Crippen LogP contribution in [0.4, 0.5) is 0 Å². The van der Waals surface area contributed by atoms with Gasteiger partial charge in [-0.05, 0) is 74.0 Å². The zero-order valence-corrected chi connectivity index (χ0v) is 17.5. The van der Waals surface area contributed by atoms with Gasteiger partial charge in [-0.25, -0.2) is 0 Å². The molecule has 1 aliphatic rings. The molecule has 0 aliphatic carbocycles. The second-order valence-corrected chi connectivity index (χ2v) is 7.55. The molecular weight excluding hydrogens is 374 g/mol. The van der Waals surface area contributed by atoms with Crippen molar-refractivity contribution in [3.05, 3.63) is 72.8 Å². The van der Waals surface area contributed by atoms with Crippen molar-refractivity contribution >= 4 is 0 Å². The molecule has 1 aliphatic heterocycles. The third-order valence-corrected chi connectivity index (χ3v) is 5.46. The van der Waals surface area contributed by atoms with Crippen LogP contribution in [-0.4, -0.2) is 38.3 Å². The molecule has 1 heterocycles. The van der Waals surface area contributed by atoms with Crippen molar-refractivity contribution in [1.29, 1.82) is 0 Å². The Balaban J connectivity index is 1.37. The number of piperidine rings is 1. The fraction of sp³-hybridized carbons (Fsp3) is 0.308. The summed E-state index contributed by atoms with van der Waals surface area (Å²) in [7, 11) is 1.67. The van der Waals surface area contributed by atoms with Gasteiger partial charge in [0.2, 0.25) is 0 Å². The summed E-state index contributed by atoms with van der Waals surface area (Å²) in [6.07, 6.45) is 3.98. The first-order valence-electron chi connectivity index (χ1n) is 10.7. The van der Waals surface area contributed by atoms with E-state index in [-0.39, 0.29) is 0 Å². The number of likely N-dealkylation sites (tertiary alicyclic amines) is 1. The van der Waals surface area contributed by atoms with Crippen LogP contribution in [-0.2, 0) is 0 Å². The first-order valence-corrected chi connectivity index (χ1v) is 10.7. The zero-order valence-electron chi connectivity index (χ0n) is 17.5. The Hall–Kier alpha value is -2.98. The van der Waals surface area contributed by atoms with Crippen LogP contribution in [0.25, 0.3) is 11.1 Å². The SMILES string of the molecule is COc1ccc(-c2ccccc2Oc2ccc(OCCN3CCCCC3)cc2)cc1. The van der Waals surface area contributed by atoms with E-state index in [1.807, 2.05) is 66.7 Å². The maximum atomic E-state index is 6.18. The van der Waals surface area contributed by atoms with Crippen LogP contribution in [0.3, 0.4) is 0 Å². The maximum Gasteiger partial charge on any atom is 0.135 e. The van der Waals surface area contributed by atoms with Gasteiger partial charge in [-0.1, -0.05) is 36.8 Å². The molecule has 3 aromatic rings. The van der Waals surface area contributed by atoms with Gasteiger partial charge in [0.25, 0.3) is 0 Å². The lowest BCUT2D eigenvalue weighted by Crippen LogP contribution is -2.33. The van der Waals surface area contributed by atoms with Crippen molar-refractivity contribution in [3.8, 4) is 34.1 Å². The van der Waals surface area contributed by atoms with Crippen LogP contribution < -0.4 is 14.2 Å². The molecule has 4 heteroatoms. The van der Waals surface area contributed by atoms with E-state index in [1.54, 1.807) is 7.11 Å². The van der Waals surface area contributed by atoms with Crippen molar-refractivity contribution < 1.29 is 14.2 Å². The molecule has 0 spiro atoms. The first-order chi connectivity index (χ1) is 14.8. The summed E-state index contributed by atoms with van der Waals surface area (Å²) >= 11 is 0. The predicted octanol–water partition coefficient (Wildman–Crippen LogP) is 6.02. The van der Waals surface area contributed by atoms with Crippen LogP contribution >= 0.6 is 0 Å². The Morgan fingerprint density at radius 2 is 1.40 bits per heavy atom. The second-order valence-electron chi connectivity index (χ2n) is 7.55. The smallest absolute Gasteiger partial charge is 0.135 e. The summed E-state index contributed by atoms with van der Waals surface area (Å²) in [4.78, 5) is 2.48. The second kappa shape index (κ2) is 10.2. The molecule has 0 unspecified atom stereocenters. The molecule has 0 bridgehead atoms. The van der Waals surface area contributed by atoms with Gasteiger partial charge in [0, 0.05) is 12.1 Å². The van der Waals surface area contributed by atoms with Crippen LogP contribution in [0.2, 0.25) is 0 Å². The molecule has 1 saturated heterocycles. The van der Waals surface area contributed by atoms with Gasteiger partial charge in [-0.15, -0.1) is 0 Å². The molecular formula is C26H29NO3. The van der Waals surface area contributed by atoms with E-state index in [2.05, 4.69) is 11.0 Å². The Morgan fingerprint density at radius 1 is 0.733 bits per heavy atom. The number of nitrogens with zero attached hydrogens (tertiary/aromatic N) is 1. The number of benzene rings is 3. The van der Waals surface area contributed by atoms with Crippen molar-refractivity contribution in [2.75, 3.05) is 33.4 Å². The Morgan fingerprint density at radius 3 is 2.13 bits per heavy atom. The molecule has 0 N–H and O–H groups in total. The third-order valence-electron chi connectivity index (χ3n) is 5.46. The quantitative estimate of drug-likeness (QED) is 0.460. The predicted molar refractivity (Wildman–Crippen MR) is 121 cm³/mol. The first kappa shape index (κ1) is 20.3. The highest BCUT2D eigenvalue weighted by molar-refractivity contribution is 5.71. The van der Waals surface area contributed by atoms with Crippen LogP contribution in [0.5, 0.6) is 23.0 Å². The summed E-state index contributed by atoms with van der Waals surface area (Å²) < 4.78 is 17.4. The minimum atomic E-state index is 0.723. The number of hydrogen-bond donors (Lipinski definition) is 0. The summed E-state index contributed by atoms with van der Waals surface area (Å²) in [6, 6.07) is 23.9. The Bertz CT molecular complexity index is 916. The molecule has 4 nitrogen and oxygen atoms in total. The molecule has 0 atom stereocenters. The highest BCUT2D eigenvalue weighted by atomic mass is 16.5. The van der Waals surface area contributed by atoms with E-state index in [1.165, 1.54) is 32.4 Å². The summed E-state index contributed by atoms with van der Waals surface area (Å²) in [6.45, 7) is 4.11. The summed E-state index contributed by atoms with van der Waals surface area (Å²) in [5.74, 6) is 3.33. The van der Waals surface area contributed by atoms with Gasteiger partial charge in [-0.2, -0.15) is 0 Å². The van der Waals surface area contributed by atoms with E-state index in [0.29, 0.717) is 0 Å². The summed E-state index contributed by atoms with van der Waals surface area (Å²) in [5, 5.41) is 0. The molecule has 1 fully saturated rings. The maximum absolute atomic E-state index is 6.18. The van der Waals surface area contributed by atoms with Crippen molar-refractivity contribution in [2.24, 2.45) is 0 Å². The molecule has 30 heavy (non-hydrogen) atoms. The lowest BCUT2D eigenvalue weighted by molar-refractivity contribution is 0.183. The number of ether oxygens (including phenoxy) is 3. The van der Waals surface area contributed by atoms with Gasteiger partial charge in [0.15, 0.2) is 0 Å². The van der Waals surface area contributed by atoms with Crippen LogP contribution in [0.15, 0.2) is 72.8 Å². The molecule has 0 radical (unpaired) electrons. The van der Waals surface area contributed by atoms with Crippen molar-refractivity contribution in [2.45, 2.75) is 19.3 Å². The lowest BCUT2D eigenvalue weighted by Gasteiger charge is -2.26. The molecule has 0 saturated carbocycles. The Labute approximate surface area is 179 Å². The molecule has 3 aromatic carbocycles. The van der Waals surface area contributed by atoms with E-state index >= 15 is 0 Å². The minimum Gasteiger partial charge on any atom is -0.497 e. The average Bonchev–Trinajstić information content (AvgIpc) is 2.81. The minimum absolute atomic E-state index is 0.723. The van der Waals surface area contributed by atoms with Crippen molar-refractivity contribution in [1.82, 2.24) is 4.90 Å². The van der Waals surface area contributed by atoms with Gasteiger partial charge in [0.1, 0.15) is 29.6 Å². The molecule has 156 valence electrons. The molecule has 4 rings (SSSR count). The fourth-order valence-electron chi connectivity index (χ4n) is 3.77. The average molecular weight is 404 g/mol. The largest absolute Gasteiger partial charge is 0.497 e. The molecule has 0 amide bonds. The van der Waals surface area contributed by atoms with Crippen LogP contribution in [0, 0.1) is 0 Å². The van der Waals surface area contributed by atoms with Crippen molar-refractivity contribution in [3.63, 3.8) is 0 Å². The third kappa shape index (κ3) is 5.33. The topological polar surface area (TPSA) is 30.9 Å². The van der Waals surface area contributed by atoms with E-state index in [9.17, 15) is 0 Å². The fourth-order valence-corrected chi connectivity index (χ4v) is 3.77. The highest BCUT2D eigenvalue weighted by Gasteiger charge is 2.10. The standard InChI is InChI=1S/C26H29NO3/c1-28-22-11-9-21(10-12-22)25-7-3-4-8-26(25)30-24-15-13-23(14-16-24)29-20-19-27-17-5-2-6-18-27/h3-4,7-16H,2,5-6,17-20H2,1H3. The van der Waals surface area contributed by atoms with E-state index in [4.69, 9.17) is 14.2 Å². The number of para-hydroxylation sites is 1. The van der Waals surface area contributed by atoms with Gasteiger partial charge < -0.3 is 14.2 Å². The number of rotatable bonds is 8. The normalized spacial score (nSPS) is 14.3. The molecule has 0 aromatic heterocycles. The lowest BCUT2D eigenvalue weighted by atomic mass is 10.0. The van der Waals surface area contributed by atoms with E-state index in [0.717, 1.165) is 47.3 Å². The van der Waals surface area contributed by atoms with Crippen LogP contribution in [0.1, 0.15) is 19.3 Å². The Kier molecular flexibility index (Phi) is 6.88. The highest BCUT2D eigenvalue weighted by Crippen LogP contribution is 2.34. The van der Waals surface area contributed by atoms with Gasteiger partial charge >= 0.3 is 0 Å². The summed E-state index contributed by atoms with van der Waals surface area (Å²) in [5.41, 5.74) is 2.13. The van der Waals surface area contributed by atoms with Gasteiger partial charge in [-0.3, -0.25) is 4.90 Å². The zero-order chi connectivity index (χ0) is 20.6.